The van der Waals surface area contributed by atoms with Gasteiger partial charge in [0, 0.05) is 50.6 Å². The van der Waals surface area contributed by atoms with Crippen LogP contribution in [0.25, 0.3) is 0 Å². The molecule has 0 spiro atoms. The van der Waals surface area contributed by atoms with Crippen molar-refractivity contribution in [1.29, 1.82) is 0 Å². The van der Waals surface area contributed by atoms with Crippen molar-refractivity contribution in [2.45, 2.75) is 39.3 Å². The maximum Gasteiger partial charge on any atom is 0.0411 e. The summed E-state index contributed by atoms with van der Waals surface area (Å²) < 4.78 is 0. The molecule has 1 aromatic carbocycles. The summed E-state index contributed by atoms with van der Waals surface area (Å²) in [5.41, 5.74) is 4.00. The van der Waals surface area contributed by atoms with Crippen LogP contribution in [0.2, 0.25) is 0 Å². The molecule has 0 aromatic heterocycles. The Hall–Kier alpha value is -1.22. The number of hydrogen-bond donors (Lipinski definition) is 1. The summed E-state index contributed by atoms with van der Waals surface area (Å²) in [6, 6.07) is 7.99. The quantitative estimate of drug-likeness (QED) is 0.902. The van der Waals surface area contributed by atoms with Crippen molar-refractivity contribution >= 4 is 11.4 Å². The van der Waals surface area contributed by atoms with Gasteiger partial charge in [0.25, 0.3) is 0 Å². The van der Waals surface area contributed by atoms with Gasteiger partial charge in [0.15, 0.2) is 0 Å². The van der Waals surface area contributed by atoms with Crippen LogP contribution in [0.5, 0.6) is 0 Å². The van der Waals surface area contributed by atoms with Gasteiger partial charge >= 0.3 is 0 Å². The Morgan fingerprint density at radius 1 is 1.37 bits per heavy atom. The Bertz CT molecular complexity index is 428. The first-order valence-electron chi connectivity index (χ1n) is 7.31. The SMILES string of the molecule is CCC1CN(c2ccc(C)c(N(C)C)c2)C(C)CN1. The Morgan fingerprint density at radius 2 is 2.11 bits per heavy atom. The molecule has 0 bridgehead atoms. The van der Waals surface area contributed by atoms with E-state index in [0.717, 1.165) is 13.1 Å². The summed E-state index contributed by atoms with van der Waals surface area (Å²) in [5, 5.41) is 3.61. The van der Waals surface area contributed by atoms with E-state index in [-0.39, 0.29) is 0 Å². The summed E-state index contributed by atoms with van der Waals surface area (Å²) in [6.07, 6.45) is 1.19. The highest BCUT2D eigenvalue weighted by molar-refractivity contribution is 5.63. The van der Waals surface area contributed by atoms with Gasteiger partial charge in [-0.25, -0.2) is 0 Å². The van der Waals surface area contributed by atoms with Gasteiger partial charge in [0.1, 0.15) is 0 Å². The highest BCUT2D eigenvalue weighted by Crippen LogP contribution is 2.27. The smallest absolute Gasteiger partial charge is 0.0411 e. The highest BCUT2D eigenvalue weighted by atomic mass is 15.2. The van der Waals surface area contributed by atoms with Gasteiger partial charge in [-0.3, -0.25) is 0 Å². The van der Waals surface area contributed by atoms with Crippen LogP contribution in [0.4, 0.5) is 11.4 Å². The van der Waals surface area contributed by atoms with Crippen molar-refractivity contribution in [1.82, 2.24) is 5.32 Å². The lowest BCUT2D eigenvalue weighted by atomic mass is 10.1. The van der Waals surface area contributed by atoms with Crippen LogP contribution in [0.15, 0.2) is 18.2 Å². The van der Waals surface area contributed by atoms with E-state index in [1.165, 1.54) is 23.4 Å². The predicted octanol–water partition coefficient (Wildman–Crippen LogP) is 2.64. The minimum absolute atomic E-state index is 0.556. The molecule has 0 aliphatic carbocycles. The van der Waals surface area contributed by atoms with Crippen LogP contribution in [0.1, 0.15) is 25.8 Å². The van der Waals surface area contributed by atoms with Crippen LogP contribution < -0.4 is 15.1 Å². The second-order valence-corrected chi connectivity index (χ2v) is 5.88. The number of nitrogens with zero attached hydrogens (tertiary/aromatic N) is 2. The molecule has 2 rings (SSSR count). The highest BCUT2D eigenvalue weighted by Gasteiger charge is 2.24. The molecule has 1 fully saturated rings. The van der Waals surface area contributed by atoms with Crippen molar-refractivity contribution in [2.24, 2.45) is 0 Å². The Kier molecular flexibility index (Phi) is 4.35. The minimum atomic E-state index is 0.556. The van der Waals surface area contributed by atoms with Crippen LogP contribution in [-0.4, -0.2) is 39.3 Å². The lowest BCUT2D eigenvalue weighted by Gasteiger charge is -2.40. The summed E-state index contributed by atoms with van der Waals surface area (Å²) in [7, 11) is 4.23. The zero-order valence-electron chi connectivity index (χ0n) is 12.9. The van der Waals surface area contributed by atoms with Crippen LogP contribution in [0.3, 0.4) is 0 Å². The molecule has 1 aliphatic rings. The summed E-state index contributed by atoms with van der Waals surface area (Å²) in [6.45, 7) is 8.91. The van der Waals surface area contributed by atoms with Gasteiger partial charge < -0.3 is 15.1 Å². The van der Waals surface area contributed by atoms with Crippen LogP contribution in [-0.2, 0) is 0 Å². The largest absolute Gasteiger partial charge is 0.377 e. The fourth-order valence-electron chi connectivity index (χ4n) is 2.82. The fraction of sp³-hybridized carbons (Fsp3) is 0.625. The molecule has 1 aliphatic heterocycles. The maximum absolute atomic E-state index is 3.61. The molecule has 106 valence electrons. The van der Waals surface area contributed by atoms with E-state index in [0.29, 0.717) is 12.1 Å². The van der Waals surface area contributed by atoms with Gasteiger partial charge in [-0.15, -0.1) is 0 Å². The van der Waals surface area contributed by atoms with E-state index < -0.39 is 0 Å². The molecule has 1 aromatic rings. The lowest BCUT2D eigenvalue weighted by Crippen LogP contribution is -2.55. The van der Waals surface area contributed by atoms with Crippen molar-refractivity contribution in [2.75, 3.05) is 37.0 Å². The summed E-state index contributed by atoms with van der Waals surface area (Å²) in [5.74, 6) is 0. The first kappa shape index (κ1) is 14.2. The Morgan fingerprint density at radius 3 is 2.74 bits per heavy atom. The van der Waals surface area contributed by atoms with E-state index in [4.69, 9.17) is 0 Å². The number of anilines is 2. The molecule has 1 saturated heterocycles. The molecule has 0 saturated carbocycles. The molecule has 3 heteroatoms. The first-order valence-corrected chi connectivity index (χ1v) is 7.31. The van der Waals surface area contributed by atoms with Gasteiger partial charge in [0.05, 0.1) is 0 Å². The number of benzene rings is 1. The van der Waals surface area contributed by atoms with E-state index in [2.05, 4.69) is 68.2 Å². The molecular formula is C16H27N3. The molecule has 0 radical (unpaired) electrons. The van der Waals surface area contributed by atoms with Crippen molar-refractivity contribution in [3.63, 3.8) is 0 Å². The van der Waals surface area contributed by atoms with Gasteiger partial charge in [-0.2, -0.15) is 0 Å². The third-order valence-electron chi connectivity index (χ3n) is 4.15. The third kappa shape index (κ3) is 3.03. The fourth-order valence-corrected chi connectivity index (χ4v) is 2.82. The molecule has 2 atom stereocenters. The topological polar surface area (TPSA) is 18.5 Å². The minimum Gasteiger partial charge on any atom is -0.377 e. The first-order chi connectivity index (χ1) is 9.02. The van der Waals surface area contributed by atoms with E-state index in [9.17, 15) is 0 Å². The number of aryl methyl sites for hydroxylation is 1. The summed E-state index contributed by atoms with van der Waals surface area (Å²) >= 11 is 0. The predicted molar refractivity (Wildman–Crippen MR) is 84.4 cm³/mol. The molecule has 3 nitrogen and oxygen atoms in total. The molecule has 1 heterocycles. The van der Waals surface area contributed by atoms with Crippen LogP contribution >= 0.6 is 0 Å². The van der Waals surface area contributed by atoms with Gasteiger partial charge in [-0.05, 0) is 38.0 Å². The second kappa shape index (κ2) is 5.83. The lowest BCUT2D eigenvalue weighted by molar-refractivity contribution is 0.397. The monoisotopic (exact) mass is 261 g/mol. The average Bonchev–Trinajstić information content (AvgIpc) is 2.40. The number of rotatable bonds is 3. The second-order valence-electron chi connectivity index (χ2n) is 5.88. The van der Waals surface area contributed by atoms with Crippen LogP contribution in [0, 0.1) is 6.92 Å². The number of hydrogen-bond acceptors (Lipinski definition) is 3. The van der Waals surface area contributed by atoms with Crippen molar-refractivity contribution < 1.29 is 0 Å². The van der Waals surface area contributed by atoms with Crippen molar-refractivity contribution in [3.8, 4) is 0 Å². The Balaban J connectivity index is 2.27. The average molecular weight is 261 g/mol. The maximum atomic E-state index is 3.61. The zero-order valence-corrected chi connectivity index (χ0v) is 12.9. The van der Waals surface area contributed by atoms with Crippen molar-refractivity contribution in [3.05, 3.63) is 23.8 Å². The molecule has 19 heavy (non-hydrogen) atoms. The molecule has 1 N–H and O–H groups in total. The Labute approximate surface area is 117 Å². The van der Waals surface area contributed by atoms with E-state index in [1.54, 1.807) is 0 Å². The van der Waals surface area contributed by atoms with E-state index in [1.807, 2.05) is 0 Å². The molecular weight excluding hydrogens is 234 g/mol. The van der Waals surface area contributed by atoms with E-state index >= 15 is 0 Å². The standard InChI is InChI=1S/C16H27N3/c1-6-14-11-19(13(3)10-17-14)15-8-7-12(2)16(9-15)18(4)5/h7-9,13-14,17H,6,10-11H2,1-5H3. The normalized spacial score (nSPS) is 23.5. The summed E-state index contributed by atoms with van der Waals surface area (Å²) in [4.78, 5) is 4.74. The van der Waals surface area contributed by atoms with Gasteiger partial charge in [0.2, 0.25) is 0 Å². The van der Waals surface area contributed by atoms with Gasteiger partial charge in [-0.1, -0.05) is 13.0 Å². The third-order valence-corrected chi connectivity index (χ3v) is 4.15. The number of nitrogens with one attached hydrogen (secondary N) is 1. The zero-order chi connectivity index (χ0) is 14.0. The number of piperazine rings is 1. The molecule has 2 unspecified atom stereocenters. The molecule has 0 amide bonds.